The Balaban J connectivity index is 1.38. The molecule has 0 spiro atoms. The molecule has 0 radical (unpaired) electrons. The molecule has 156 valence electrons. The van der Waals surface area contributed by atoms with Crippen LogP contribution < -0.4 is 4.90 Å². The van der Waals surface area contributed by atoms with Crippen LogP contribution in [0, 0.1) is 13.8 Å². The van der Waals surface area contributed by atoms with Gasteiger partial charge < -0.3 is 9.32 Å². The predicted molar refractivity (Wildman–Crippen MR) is 116 cm³/mol. The van der Waals surface area contributed by atoms with Crippen molar-refractivity contribution in [2.45, 2.75) is 44.7 Å². The molecule has 0 N–H and O–H groups in total. The van der Waals surface area contributed by atoms with Crippen LogP contribution >= 0.6 is 11.8 Å². The molecule has 1 fully saturated rings. The lowest BCUT2D eigenvalue weighted by atomic mass is 10.2. The van der Waals surface area contributed by atoms with Crippen molar-refractivity contribution in [2.24, 2.45) is 0 Å². The average Bonchev–Trinajstić information content (AvgIpc) is 2.91. The third-order valence-corrected chi connectivity index (χ3v) is 7.00. The van der Waals surface area contributed by atoms with E-state index in [9.17, 15) is 4.79 Å². The molecule has 0 aliphatic carbocycles. The summed E-state index contributed by atoms with van der Waals surface area (Å²) in [7, 11) is 0. The topological polar surface area (TPSA) is 52.8 Å². The molecule has 1 saturated heterocycles. The first-order valence-electron chi connectivity index (χ1n) is 10.5. The highest BCUT2D eigenvalue weighted by Crippen LogP contribution is 2.34. The van der Waals surface area contributed by atoms with Crippen LogP contribution in [0.4, 0.5) is 5.69 Å². The van der Waals surface area contributed by atoms with Crippen LogP contribution in [-0.2, 0) is 11.3 Å². The van der Waals surface area contributed by atoms with E-state index in [1.807, 2.05) is 42.6 Å². The highest BCUT2D eigenvalue weighted by atomic mass is 32.2. The number of nitrogens with zero attached hydrogens (tertiary/aromatic N) is 4. The number of para-hydroxylation sites is 1. The van der Waals surface area contributed by atoms with Gasteiger partial charge in [-0.3, -0.25) is 14.6 Å². The Bertz CT molecular complexity index is 849. The standard InChI is InChI=1S/C22H30N4O2S/c1-16-18(3)28-21(23-16)15-24-9-6-10-25(12-11-24)17(2)22(27)26-13-14-29-20-8-5-4-7-19(20)26/h4-5,7-8,17H,6,9-15H2,1-3H3. The van der Waals surface area contributed by atoms with Gasteiger partial charge in [0.05, 0.1) is 24.0 Å². The number of carbonyl (C=O) groups excluding carboxylic acids is 1. The number of hydrogen-bond acceptors (Lipinski definition) is 6. The first-order valence-corrected chi connectivity index (χ1v) is 11.4. The first-order chi connectivity index (χ1) is 14.0. The van der Waals surface area contributed by atoms with Gasteiger partial charge in [-0.25, -0.2) is 4.98 Å². The number of fused-ring (bicyclic) bond motifs is 1. The smallest absolute Gasteiger partial charge is 0.244 e. The predicted octanol–water partition coefficient (Wildman–Crippen LogP) is 3.33. The van der Waals surface area contributed by atoms with Crippen molar-refractivity contribution in [2.75, 3.05) is 43.4 Å². The molecule has 1 amide bonds. The van der Waals surface area contributed by atoms with E-state index in [-0.39, 0.29) is 11.9 Å². The molecule has 0 saturated carbocycles. The van der Waals surface area contributed by atoms with Gasteiger partial charge in [0.15, 0.2) is 0 Å². The van der Waals surface area contributed by atoms with E-state index in [4.69, 9.17) is 4.42 Å². The van der Waals surface area contributed by atoms with E-state index >= 15 is 0 Å². The van der Waals surface area contributed by atoms with Crippen LogP contribution in [0.15, 0.2) is 33.6 Å². The SMILES string of the molecule is Cc1nc(CN2CCCN(C(C)C(=O)N3CCSc4ccccc43)CC2)oc1C. The third-order valence-electron chi connectivity index (χ3n) is 5.95. The maximum Gasteiger partial charge on any atom is 0.244 e. The van der Waals surface area contributed by atoms with Crippen molar-refractivity contribution >= 4 is 23.4 Å². The summed E-state index contributed by atoms with van der Waals surface area (Å²) in [5.41, 5.74) is 2.03. The van der Waals surface area contributed by atoms with Crippen LogP contribution in [0.3, 0.4) is 0 Å². The Morgan fingerprint density at radius 3 is 2.79 bits per heavy atom. The molecule has 3 heterocycles. The van der Waals surface area contributed by atoms with Gasteiger partial charge in [0.25, 0.3) is 0 Å². The van der Waals surface area contributed by atoms with Crippen LogP contribution in [0.25, 0.3) is 0 Å². The van der Waals surface area contributed by atoms with Gasteiger partial charge in [0, 0.05) is 36.8 Å². The van der Waals surface area contributed by atoms with Gasteiger partial charge in [-0.15, -0.1) is 11.8 Å². The summed E-state index contributed by atoms with van der Waals surface area (Å²) in [6, 6.07) is 8.13. The summed E-state index contributed by atoms with van der Waals surface area (Å²) >= 11 is 1.84. The van der Waals surface area contributed by atoms with Crippen LogP contribution in [-0.4, -0.2) is 65.2 Å². The van der Waals surface area contributed by atoms with Gasteiger partial charge in [-0.2, -0.15) is 0 Å². The highest BCUT2D eigenvalue weighted by molar-refractivity contribution is 7.99. The van der Waals surface area contributed by atoms with Crippen molar-refractivity contribution in [3.05, 3.63) is 41.6 Å². The number of anilines is 1. The minimum Gasteiger partial charge on any atom is -0.444 e. The molecular formula is C22H30N4O2S. The number of aromatic nitrogens is 1. The molecule has 1 aromatic heterocycles. The summed E-state index contributed by atoms with van der Waals surface area (Å²) in [4.78, 5) is 25.7. The molecule has 29 heavy (non-hydrogen) atoms. The largest absolute Gasteiger partial charge is 0.444 e. The van der Waals surface area contributed by atoms with E-state index in [0.717, 1.165) is 74.5 Å². The average molecular weight is 415 g/mol. The summed E-state index contributed by atoms with van der Waals surface area (Å²) in [6.45, 7) is 11.3. The minimum absolute atomic E-state index is 0.114. The lowest BCUT2D eigenvalue weighted by Gasteiger charge is -2.34. The van der Waals surface area contributed by atoms with Crippen molar-refractivity contribution < 1.29 is 9.21 Å². The zero-order valence-electron chi connectivity index (χ0n) is 17.6. The molecule has 0 bridgehead atoms. The first kappa shape index (κ1) is 20.4. The Hall–Kier alpha value is -1.83. The van der Waals surface area contributed by atoms with Gasteiger partial charge in [-0.1, -0.05) is 12.1 Å². The minimum atomic E-state index is -0.114. The molecule has 2 aliphatic rings. The number of thioether (sulfide) groups is 1. The third kappa shape index (κ3) is 4.52. The second kappa shape index (κ2) is 8.90. The molecule has 2 aliphatic heterocycles. The fourth-order valence-corrected chi connectivity index (χ4v) is 5.11. The Morgan fingerprint density at radius 1 is 1.17 bits per heavy atom. The fraction of sp³-hybridized carbons (Fsp3) is 0.545. The van der Waals surface area contributed by atoms with E-state index in [1.54, 1.807) is 0 Å². The van der Waals surface area contributed by atoms with Gasteiger partial charge in [0.1, 0.15) is 5.76 Å². The van der Waals surface area contributed by atoms with Gasteiger partial charge in [0.2, 0.25) is 11.8 Å². The Kier molecular flexibility index (Phi) is 6.27. The number of benzene rings is 1. The normalized spacial score (nSPS) is 19.6. The van der Waals surface area contributed by atoms with Crippen molar-refractivity contribution in [1.29, 1.82) is 0 Å². The van der Waals surface area contributed by atoms with E-state index in [2.05, 4.69) is 33.8 Å². The van der Waals surface area contributed by atoms with Crippen LogP contribution in [0.5, 0.6) is 0 Å². The summed E-state index contributed by atoms with van der Waals surface area (Å²) < 4.78 is 5.75. The fourth-order valence-electron chi connectivity index (χ4n) is 4.11. The van der Waals surface area contributed by atoms with Gasteiger partial charge in [-0.05, 0) is 45.9 Å². The second-order valence-electron chi connectivity index (χ2n) is 7.90. The number of oxazole rings is 1. The van der Waals surface area contributed by atoms with E-state index < -0.39 is 0 Å². The molecule has 1 unspecified atom stereocenters. The Morgan fingerprint density at radius 2 is 2.00 bits per heavy atom. The number of carbonyl (C=O) groups is 1. The molecule has 2 aromatic rings. The lowest BCUT2D eigenvalue weighted by molar-refractivity contribution is -0.123. The number of aryl methyl sites for hydroxylation is 2. The number of hydrogen-bond donors (Lipinski definition) is 0. The molecule has 6 nitrogen and oxygen atoms in total. The van der Waals surface area contributed by atoms with E-state index in [0.29, 0.717) is 0 Å². The monoisotopic (exact) mass is 414 g/mol. The number of rotatable bonds is 4. The molecular weight excluding hydrogens is 384 g/mol. The second-order valence-corrected chi connectivity index (χ2v) is 9.03. The maximum absolute atomic E-state index is 13.3. The van der Waals surface area contributed by atoms with Gasteiger partial charge >= 0.3 is 0 Å². The zero-order valence-corrected chi connectivity index (χ0v) is 18.4. The van der Waals surface area contributed by atoms with Crippen molar-refractivity contribution in [3.63, 3.8) is 0 Å². The summed E-state index contributed by atoms with van der Waals surface area (Å²) in [5.74, 6) is 2.86. The quantitative estimate of drug-likeness (QED) is 0.765. The van der Waals surface area contributed by atoms with Crippen molar-refractivity contribution in [3.8, 4) is 0 Å². The lowest BCUT2D eigenvalue weighted by Crippen LogP contribution is -2.49. The van der Waals surface area contributed by atoms with E-state index in [1.165, 1.54) is 4.90 Å². The Labute approximate surface area is 177 Å². The number of amides is 1. The maximum atomic E-state index is 13.3. The van der Waals surface area contributed by atoms with Crippen LogP contribution in [0.1, 0.15) is 30.7 Å². The summed E-state index contributed by atoms with van der Waals surface area (Å²) in [6.07, 6.45) is 1.04. The highest BCUT2D eigenvalue weighted by Gasteiger charge is 2.31. The summed E-state index contributed by atoms with van der Waals surface area (Å²) in [5, 5.41) is 0. The molecule has 1 aromatic carbocycles. The molecule has 1 atom stereocenters. The zero-order chi connectivity index (χ0) is 20.4. The molecule has 4 rings (SSSR count). The van der Waals surface area contributed by atoms with Crippen molar-refractivity contribution in [1.82, 2.24) is 14.8 Å². The van der Waals surface area contributed by atoms with Crippen LogP contribution in [0.2, 0.25) is 0 Å². The molecule has 7 heteroatoms.